The van der Waals surface area contributed by atoms with Crippen LogP contribution < -0.4 is 20.1 Å². The Morgan fingerprint density at radius 3 is 2.62 bits per heavy atom. The van der Waals surface area contributed by atoms with Crippen molar-refractivity contribution in [2.45, 2.75) is 40.3 Å². The summed E-state index contributed by atoms with van der Waals surface area (Å²) in [6.45, 7) is 8.62. The molecule has 200 valence electrons. The Morgan fingerprint density at radius 2 is 1.85 bits per heavy atom. The minimum Gasteiger partial charge on any atom is -0.490 e. The fraction of sp³-hybridized carbons (Fsp3) is 0.241. The molecular formula is C29H29BrN6O3. The molecule has 39 heavy (non-hydrogen) atoms. The minimum atomic E-state index is -0.582. The van der Waals surface area contributed by atoms with Crippen molar-refractivity contribution in [1.29, 1.82) is 0 Å². The van der Waals surface area contributed by atoms with Gasteiger partial charge in [0.15, 0.2) is 11.5 Å². The number of benzene rings is 3. The molecule has 1 aromatic heterocycles. The van der Waals surface area contributed by atoms with Gasteiger partial charge < -0.3 is 20.1 Å². The Kier molecular flexibility index (Phi) is 7.65. The fourth-order valence-electron chi connectivity index (χ4n) is 4.51. The molecule has 0 bridgehead atoms. The maximum Gasteiger partial charge on any atom is 0.255 e. The Labute approximate surface area is 235 Å². The fourth-order valence-corrected chi connectivity index (χ4v) is 4.78. The van der Waals surface area contributed by atoms with Crippen LogP contribution in [0.25, 0.3) is 0 Å². The van der Waals surface area contributed by atoms with Crippen LogP contribution in [0.1, 0.15) is 42.1 Å². The Bertz CT molecular complexity index is 1550. The standard InChI is InChI=1S/C29H29BrN6O3/c1-5-38-25-15-21(11-14-24(25)39-16-20-9-12-22(30)13-10-20)27-26(19(4)31-29-33-34-35-36(27)29)28(37)32-23-8-6-7-17(2)18(23)3/h6-15,27H,5,16H2,1-4H3,(H,32,37)(H,31,33,35). The van der Waals surface area contributed by atoms with E-state index in [-0.39, 0.29) is 5.91 Å². The number of rotatable bonds is 8. The molecule has 9 nitrogen and oxygen atoms in total. The van der Waals surface area contributed by atoms with Gasteiger partial charge in [0.2, 0.25) is 5.95 Å². The predicted molar refractivity (Wildman–Crippen MR) is 153 cm³/mol. The van der Waals surface area contributed by atoms with Crippen molar-refractivity contribution in [2.24, 2.45) is 0 Å². The second-order valence-corrected chi connectivity index (χ2v) is 10.2. The number of carbonyl (C=O) groups is 1. The lowest BCUT2D eigenvalue weighted by Gasteiger charge is -2.28. The van der Waals surface area contributed by atoms with Gasteiger partial charge in [0.1, 0.15) is 12.6 Å². The van der Waals surface area contributed by atoms with Gasteiger partial charge in [0.25, 0.3) is 5.91 Å². The number of aromatic nitrogens is 4. The topological polar surface area (TPSA) is 103 Å². The number of allylic oxidation sites excluding steroid dienone is 1. The number of nitrogens with zero attached hydrogens (tertiary/aromatic N) is 4. The van der Waals surface area contributed by atoms with Gasteiger partial charge in [-0.15, -0.1) is 0 Å². The van der Waals surface area contributed by atoms with Crippen LogP contribution in [0.2, 0.25) is 0 Å². The van der Waals surface area contributed by atoms with E-state index in [9.17, 15) is 4.79 Å². The number of hydrogen-bond donors (Lipinski definition) is 2. The number of anilines is 2. The molecule has 1 aliphatic heterocycles. The molecule has 1 unspecified atom stereocenters. The molecule has 3 aromatic carbocycles. The van der Waals surface area contributed by atoms with Gasteiger partial charge in [-0.1, -0.05) is 51.4 Å². The van der Waals surface area contributed by atoms with Gasteiger partial charge in [-0.2, -0.15) is 4.68 Å². The van der Waals surface area contributed by atoms with E-state index in [1.807, 2.05) is 88.4 Å². The molecule has 2 heterocycles. The molecule has 0 saturated carbocycles. The maximum atomic E-state index is 13.8. The van der Waals surface area contributed by atoms with Gasteiger partial charge in [0, 0.05) is 15.9 Å². The maximum absolute atomic E-state index is 13.8. The first-order chi connectivity index (χ1) is 18.9. The number of nitrogens with one attached hydrogen (secondary N) is 2. The van der Waals surface area contributed by atoms with E-state index in [0.29, 0.717) is 41.9 Å². The number of carbonyl (C=O) groups excluding carboxylic acids is 1. The van der Waals surface area contributed by atoms with E-state index in [2.05, 4.69) is 42.1 Å². The molecule has 0 spiro atoms. The number of halogens is 1. The molecule has 1 amide bonds. The van der Waals surface area contributed by atoms with Crippen molar-refractivity contribution in [3.63, 3.8) is 0 Å². The third kappa shape index (κ3) is 5.51. The van der Waals surface area contributed by atoms with Crippen LogP contribution in [-0.4, -0.2) is 32.7 Å². The smallest absolute Gasteiger partial charge is 0.255 e. The average Bonchev–Trinajstić information content (AvgIpc) is 3.39. The second kappa shape index (κ2) is 11.3. The van der Waals surface area contributed by atoms with Crippen LogP contribution in [0.4, 0.5) is 11.6 Å². The zero-order chi connectivity index (χ0) is 27.5. The average molecular weight is 589 g/mol. The van der Waals surface area contributed by atoms with Gasteiger partial charge in [0.05, 0.1) is 12.2 Å². The van der Waals surface area contributed by atoms with Crippen LogP contribution in [0.15, 0.2) is 76.4 Å². The molecule has 0 radical (unpaired) electrons. The predicted octanol–water partition coefficient (Wildman–Crippen LogP) is 5.96. The molecule has 1 aliphatic rings. The summed E-state index contributed by atoms with van der Waals surface area (Å²) >= 11 is 3.46. The molecule has 1 atom stereocenters. The van der Waals surface area contributed by atoms with Crippen molar-refractivity contribution in [3.8, 4) is 11.5 Å². The van der Waals surface area contributed by atoms with Crippen LogP contribution in [-0.2, 0) is 11.4 Å². The highest BCUT2D eigenvalue weighted by Crippen LogP contribution is 2.39. The van der Waals surface area contributed by atoms with E-state index in [4.69, 9.17) is 9.47 Å². The van der Waals surface area contributed by atoms with Crippen molar-refractivity contribution in [1.82, 2.24) is 20.2 Å². The number of amides is 1. The van der Waals surface area contributed by atoms with Crippen molar-refractivity contribution in [2.75, 3.05) is 17.2 Å². The molecule has 0 fully saturated rings. The van der Waals surface area contributed by atoms with Gasteiger partial charge in [-0.25, -0.2) is 0 Å². The van der Waals surface area contributed by atoms with Crippen molar-refractivity contribution < 1.29 is 14.3 Å². The summed E-state index contributed by atoms with van der Waals surface area (Å²) in [6.07, 6.45) is 0. The van der Waals surface area contributed by atoms with E-state index >= 15 is 0 Å². The highest BCUT2D eigenvalue weighted by atomic mass is 79.9. The molecular weight excluding hydrogens is 560 g/mol. The van der Waals surface area contributed by atoms with Gasteiger partial charge in [-0.05, 0) is 90.7 Å². The van der Waals surface area contributed by atoms with Gasteiger partial charge >= 0.3 is 0 Å². The molecule has 0 aliphatic carbocycles. The number of tetrazole rings is 1. The number of ether oxygens (including phenoxy) is 2. The third-order valence-electron chi connectivity index (χ3n) is 6.70. The lowest BCUT2D eigenvalue weighted by molar-refractivity contribution is -0.113. The van der Waals surface area contributed by atoms with Crippen molar-refractivity contribution >= 4 is 33.5 Å². The first-order valence-electron chi connectivity index (χ1n) is 12.6. The summed E-state index contributed by atoms with van der Waals surface area (Å²) in [5.41, 5.74) is 5.85. The first kappa shape index (κ1) is 26.4. The summed E-state index contributed by atoms with van der Waals surface area (Å²) in [6, 6.07) is 18.9. The summed E-state index contributed by atoms with van der Waals surface area (Å²) in [5.74, 6) is 1.39. The quantitative estimate of drug-likeness (QED) is 0.262. The molecule has 4 aromatic rings. The van der Waals surface area contributed by atoms with Crippen molar-refractivity contribution in [3.05, 3.63) is 98.7 Å². The lowest BCUT2D eigenvalue weighted by Crippen LogP contribution is -2.31. The zero-order valence-corrected chi connectivity index (χ0v) is 23.7. The van der Waals surface area contributed by atoms with Crippen LogP contribution in [0.5, 0.6) is 11.5 Å². The van der Waals surface area contributed by atoms with Crippen LogP contribution in [0, 0.1) is 13.8 Å². The normalized spacial score (nSPS) is 14.4. The van der Waals surface area contributed by atoms with Gasteiger partial charge in [-0.3, -0.25) is 4.79 Å². The van der Waals surface area contributed by atoms with Crippen LogP contribution >= 0.6 is 15.9 Å². The summed E-state index contributed by atoms with van der Waals surface area (Å²) in [4.78, 5) is 13.8. The zero-order valence-electron chi connectivity index (χ0n) is 22.2. The highest BCUT2D eigenvalue weighted by molar-refractivity contribution is 9.10. The minimum absolute atomic E-state index is 0.242. The van der Waals surface area contributed by atoms with E-state index in [1.165, 1.54) is 0 Å². The van der Waals surface area contributed by atoms with E-state index in [0.717, 1.165) is 32.4 Å². The highest BCUT2D eigenvalue weighted by Gasteiger charge is 2.34. The Hall–Kier alpha value is -4.18. The monoisotopic (exact) mass is 588 g/mol. The molecule has 5 rings (SSSR count). The molecule has 0 saturated heterocycles. The second-order valence-electron chi connectivity index (χ2n) is 9.27. The first-order valence-corrected chi connectivity index (χ1v) is 13.4. The number of fused-ring (bicyclic) bond motifs is 1. The van der Waals surface area contributed by atoms with Crippen LogP contribution in [0.3, 0.4) is 0 Å². The number of aryl methyl sites for hydroxylation is 1. The Morgan fingerprint density at radius 1 is 1.05 bits per heavy atom. The number of hydrogen-bond acceptors (Lipinski definition) is 7. The Balaban J connectivity index is 1.49. The molecule has 2 N–H and O–H groups in total. The van der Waals surface area contributed by atoms with E-state index < -0.39 is 6.04 Å². The summed E-state index contributed by atoms with van der Waals surface area (Å²) in [5, 5.41) is 18.4. The largest absolute Gasteiger partial charge is 0.490 e. The molecule has 10 heteroatoms. The SMILES string of the molecule is CCOc1cc(C2C(C(=O)Nc3cccc(C)c3C)=C(C)Nc3nnnn32)ccc1OCc1ccc(Br)cc1. The van der Waals surface area contributed by atoms with E-state index in [1.54, 1.807) is 4.68 Å². The summed E-state index contributed by atoms with van der Waals surface area (Å²) in [7, 11) is 0. The third-order valence-corrected chi connectivity index (χ3v) is 7.23. The lowest BCUT2D eigenvalue weighted by atomic mass is 9.94. The summed E-state index contributed by atoms with van der Waals surface area (Å²) < 4.78 is 14.7.